The van der Waals surface area contributed by atoms with Gasteiger partial charge in [-0.2, -0.15) is 11.8 Å². The topological polar surface area (TPSA) is 21.3 Å². The molecule has 2 aliphatic heterocycles. The SMILES string of the molecule is CC1(CNCC2CCSC2)CCOCC1. The standard InChI is InChI=1S/C12H23NOS/c1-12(3-5-14-6-4-12)10-13-8-11-2-7-15-9-11/h11,13H,2-10H2,1H3. The molecular formula is C12H23NOS. The van der Waals surface area contributed by atoms with Crippen LogP contribution in [0, 0.1) is 11.3 Å². The fourth-order valence-corrected chi connectivity index (χ4v) is 3.65. The van der Waals surface area contributed by atoms with Crippen LogP contribution < -0.4 is 5.32 Å². The second kappa shape index (κ2) is 5.55. The zero-order valence-electron chi connectivity index (χ0n) is 9.76. The number of rotatable bonds is 4. The summed E-state index contributed by atoms with van der Waals surface area (Å²) < 4.78 is 5.41. The van der Waals surface area contributed by atoms with Gasteiger partial charge in [0.05, 0.1) is 0 Å². The number of thioether (sulfide) groups is 1. The lowest BCUT2D eigenvalue weighted by atomic mass is 9.82. The van der Waals surface area contributed by atoms with Crippen LogP contribution in [0.5, 0.6) is 0 Å². The van der Waals surface area contributed by atoms with E-state index in [0.717, 1.165) is 19.1 Å². The van der Waals surface area contributed by atoms with Gasteiger partial charge in [-0.3, -0.25) is 0 Å². The summed E-state index contributed by atoms with van der Waals surface area (Å²) in [4.78, 5) is 0. The Labute approximate surface area is 97.5 Å². The Kier molecular flexibility index (Phi) is 4.35. The lowest BCUT2D eigenvalue weighted by Gasteiger charge is -2.34. The van der Waals surface area contributed by atoms with Gasteiger partial charge < -0.3 is 10.1 Å². The van der Waals surface area contributed by atoms with E-state index in [9.17, 15) is 0 Å². The van der Waals surface area contributed by atoms with Gasteiger partial charge >= 0.3 is 0 Å². The van der Waals surface area contributed by atoms with Crippen LogP contribution in [-0.4, -0.2) is 37.8 Å². The van der Waals surface area contributed by atoms with Crippen LogP contribution in [-0.2, 0) is 4.74 Å². The van der Waals surface area contributed by atoms with Crippen molar-refractivity contribution in [1.29, 1.82) is 0 Å². The molecule has 2 nitrogen and oxygen atoms in total. The molecule has 2 rings (SSSR count). The fourth-order valence-electron chi connectivity index (χ4n) is 2.36. The van der Waals surface area contributed by atoms with Crippen LogP contribution in [0.4, 0.5) is 0 Å². The molecule has 2 heterocycles. The summed E-state index contributed by atoms with van der Waals surface area (Å²) in [6, 6.07) is 0. The molecular weight excluding hydrogens is 206 g/mol. The van der Waals surface area contributed by atoms with Crippen LogP contribution >= 0.6 is 11.8 Å². The summed E-state index contributed by atoms with van der Waals surface area (Å²) in [6.07, 6.45) is 3.86. The zero-order chi connectivity index (χ0) is 10.6. The third kappa shape index (κ3) is 3.65. The number of ether oxygens (including phenoxy) is 1. The molecule has 0 radical (unpaired) electrons. The van der Waals surface area contributed by atoms with Gasteiger partial charge in [-0.25, -0.2) is 0 Å². The van der Waals surface area contributed by atoms with E-state index >= 15 is 0 Å². The summed E-state index contributed by atoms with van der Waals surface area (Å²) in [6.45, 7) is 6.71. The van der Waals surface area contributed by atoms with Crippen LogP contribution in [0.2, 0.25) is 0 Å². The summed E-state index contributed by atoms with van der Waals surface area (Å²) in [5, 5.41) is 3.67. The molecule has 15 heavy (non-hydrogen) atoms. The van der Waals surface area contributed by atoms with Crippen molar-refractivity contribution in [2.24, 2.45) is 11.3 Å². The van der Waals surface area contributed by atoms with Gasteiger partial charge in [0.15, 0.2) is 0 Å². The van der Waals surface area contributed by atoms with E-state index in [1.54, 1.807) is 0 Å². The van der Waals surface area contributed by atoms with Gasteiger partial charge in [-0.15, -0.1) is 0 Å². The lowest BCUT2D eigenvalue weighted by Crippen LogP contribution is -2.38. The molecule has 0 aromatic carbocycles. The van der Waals surface area contributed by atoms with Crippen LogP contribution in [0.3, 0.4) is 0 Å². The van der Waals surface area contributed by atoms with Gasteiger partial charge in [0.25, 0.3) is 0 Å². The van der Waals surface area contributed by atoms with Crippen molar-refractivity contribution in [3.63, 3.8) is 0 Å². The Balaban J connectivity index is 1.63. The average Bonchev–Trinajstić information content (AvgIpc) is 2.71. The highest BCUT2D eigenvalue weighted by atomic mass is 32.2. The monoisotopic (exact) mass is 229 g/mol. The van der Waals surface area contributed by atoms with Gasteiger partial charge in [0, 0.05) is 19.8 Å². The molecule has 0 amide bonds. The van der Waals surface area contributed by atoms with Crippen molar-refractivity contribution in [3.05, 3.63) is 0 Å². The molecule has 2 aliphatic rings. The van der Waals surface area contributed by atoms with Crippen LogP contribution in [0.25, 0.3) is 0 Å². The second-order valence-electron chi connectivity index (χ2n) is 5.28. The van der Waals surface area contributed by atoms with E-state index in [2.05, 4.69) is 24.0 Å². The Bertz CT molecular complexity index is 186. The average molecular weight is 229 g/mol. The smallest absolute Gasteiger partial charge is 0.0471 e. The van der Waals surface area contributed by atoms with Gasteiger partial charge in [0.1, 0.15) is 0 Å². The van der Waals surface area contributed by atoms with E-state index in [1.165, 1.54) is 43.9 Å². The van der Waals surface area contributed by atoms with E-state index in [4.69, 9.17) is 4.74 Å². The lowest BCUT2D eigenvalue weighted by molar-refractivity contribution is 0.0239. The predicted octanol–water partition coefficient (Wildman–Crippen LogP) is 2.15. The molecule has 3 heteroatoms. The van der Waals surface area contributed by atoms with Crippen molar-refractivity contribution < 1.29 is 4.74 Å². The molecule has 1 atom stereocenters. The molecule has 0 aromatic heterocycles. The minimum absolute atomic E-state index is 0.490. The van der Waals surface area contributed by atoms with Gasteiger partial charge in [-0.1, -0.05) is 6.92 Å². The van der Waals surface area contributed by atoms with Crippen molar-refractivity contribution >= 4 is 11.8 Å². The first kappa shape index (κ1) is 11.7. The van der Waals surface area contributed by atoms with Crippen molar-refractivity contribution in [3.8, 4) is 0 Å². The molecule has 0 bridgehead atoms. The maximum atomic E-state index is 5.41. The molecule has 1 N–H and O–H groups in total. The van der Waals surface area contributed by atoms with Gasteiger partial charge in [-0.05, 0) is 48.6 Å². The van der Waals surface area contributed by atoms with Crippen molar-refractivity contribution in [2.45, 2.75) is 26.2 Å². The van der Waals surface area contributed by atoms with E-state index in [0.29, 0.717) is 5.41 Å². The Morgan fingerprint density at radius 3 is 2.87 bits per heavy atom. The third-order valence-electron chi connectivity index (χ3n) is 3.71. The molecule has 0 saturated carbocycles. The molecule has 0 spiro atoms. The van der Waals surface area contributed by atoms with E-state index in [-0.39, 0.29) is 0 Å². The number of hydrogen-bond acceptors (Lipinski definition) is 3. The predicted molar refractivity (Wildman–Crippen MR) is 66.5 cm³/mol. The minimum Gasteiger partial charge on any atom is -0.381 e. The number of hydrogen-bond donors (Lipinski definition) is 1. The molecule has 0 aromatic rings. The number of nitrogens with one attached hydrogen (secondary N) is 1. The highest BCUT2D eigenvalue weighted by molar-refractivity contribution is 7.99. The molecule has 1 unspecified atom stereocenters. The van der Waals surface area contributed by atoms with E-state index in [1.807, 2.05) is 0 Å². The minimum atomic E-state index is 0.490. The van der Waals surface area contributed by atoms with Crippen LogP contribution in [0.15, 0.2) is 0 Å². The Morgan fingerprint density at radius 1 is 1.40 bits per heavy atom. The summed E-state index contributed by atoms with van der Waals surface area (Å²) in [7, 11) is 0. The highest BCUT2D eigenvalue weighted by Gasteiger charge is 2.27. The Hall–Kier alpha value is 0.270. The van der Waals surface area contributed by atoms with Crippen molar-refractivity contribution in [2.75, 3.05) is 37.8 Å². The molecule has 88 valence electrons. The Morgan fingerprint density at radius 2 is 2.20 bits per heavy atom. The molecule has 0 aliphatic carbocycles. The third-order valence-corrected chi connectivity index (χ3v) is 4.94. The first-order chi connectivity index (χ1) is 7.29. The van der Waals surface area contributed by atoms with Gasteiger partial charge in [0.2, 0.25) is 0 Å². The van der Waals surface area contributed by atoms with Crippen molar-refractivity contribution in [1.82, 2.24) is 5.32 Å². The largest absolute Gasteiger partial charge is 0.381 e. The fraction of sp³-hybridized carbons (Fsp3) is 1.00. The molecule has 2 fully saturated rings. The quantitative estimate of drug-likeness (QED) is 0.798. The summed E-state index contributed by atoms with van der Waals surface area (Å²) in [5.74, 6) is 3.67. The summed E-state index contributed by atoms with van der Waals surface area (Å²) in [5.41, 5.74) is 0.490. The normalized spacial score (nSPS) is 30.6. The zero-order valence-corrected chi connectivity index (χ0v) is 10.6. The van der Waals surface area contributed by atoms with Crippen LogP contribution in [0.1, 0.15) is 26.2 Å². The first-order valence-corrected chi connectivity index (χ1v) is 7.30. The van der Waals surface area contributed by atoms with E-state index < -0.39 is 0 Å². The molecule has 2 saturated heterocycles. The maximum absolute atomic E-state index is 5.41. The maximum Gasteiger partial charge on any atom is 0.0471 e. The highest BCUT2D eigenvalue weighted by Crippen LogP contribution is 2.29. The first-order valence-electron chi connectivity index (χ1n) is 6.15. The second-order valence-corrected chi connectivity index (χ2v) is 6.43. The summed E-state index contributed by atoms with van der Waals surface area (Å²) >= 11 is 2.11.